The smallest absolute Gasteiger partial charge is 0.132 e. The molecule has 0 saturated carbocycles. The Morgan fingerprint density at radius 2 is 2.06 bits per heavy atom. The van der Waals surface area contributed by atoms with Crippen LogP contribution < -0.4 is 16.0 Å². The summed E-state index contributed by atoms with van der Waals surface area (Å²) in [6.45, 7) is 2.29. The molecule has 0 radical (unpaired) electrons. The number of nitrogens with zero attached hydrogens (tertiary/aromatic N) is 3. The van der Waals surface area contributed by atoms with Crippen LogP contribution in [-0.4, -0.2) is 47.4 Å². The number of fused-ring (bicyclic) bond motifs is 1. The van der Waals surface area contributed by atoms with Gasteiger partial charge >= 0.3 is 0 Å². The molecule has 1 saturated heterocycles. The summed E-state index contributed by atoms with van der Waals surface area (Å²) in [4.78, 5) is 11.5. The Morgan fingerprint density at radius 1 is 1.22 bits per heavy atom. The number of piperidine rings is 1. The maximum atomic E-state index is 14.2. The molecule has 1 aliphatic rings. The van der Waals surface area contributed by atoms with Gasteiger partial charge in [0.2, 0.25) is 0 Å². The first-order valence-electron chi connectivity index (χ1n) is 11.9. The maximum Gasteiger partial charge on any atom is 0.132 e. The minimum absolute atomic E-state index is 0.117. The number of nitrogens with one attached hydrogen (secondary N) is 1. The molecule has 5 rings (SSSR count). The highest BCUT2D eigenvalue weighted by Gasteiger charge is 2.24. The van der Waals surface area contributed by atoms with Crippen molar-refractivity contribution in [3.8, 4) is 34.7 Å². The predicted octanol–water partition coefficient (Wildman–Crippen LogP) is 3.82. The largest absolute Gasteiger partial charge is 0.396 e. The van der Waals surface area contributed by atoms with E-state index < -0.39 is 0 Å². The van der Waals surface area contributed by atoms with E-state index >= 15 is 0 Å². The van der Waals surface area contributed by atoms with Crippen molar-refractivity contribution in [3.05, 3.63) is 72.3 Å². The van der Waals surface area contributed by atoms with Gasteiger partial charge in [-0.15, -0.1) is 6.42 Å². The molecule has 7 heteroatoms. The second-order valence-electron chi connectivity index (χ2n) is 8.81. The number of halogens is 1. The molecule has 36 heavy (non-hydrogen) atoms. The number of hydrogen-bond acceptors (Lipinski definition) is 6. The van der Waals surface area contributed by atoms with Crippen molar-refractivity contribution in [3.63, 3.8) is 0 Å². The number of pyridine rings is 2. The minimum Gasteiger partial charge on any atom is -0.396 e. The van der Waals surface area contributed by atoms with Crippen LogP contribution in [0.25, 0.3) is 33.3 Å². The van der Waals surface area contributed by atoms with E-state index in [0.29, 0.717) is 35.1 Å². The van der Waals surface area contributed by atoms with Crippen LogP contribution in [0, 0.1) is 30.3 Å². The predicted molar refractivity (Wildman–Crippen MR) is 141 cm³/mol. The van der Waals surface area contributed by atoms with Crippen molar-refractivity contribution < 1.29 is 9.50 Å². The zero-order valence-corrected chi connectivity index (χ0v) is 19.8. The molecule has 3 heterocycles. The van der Waals surface area contributed by atoms with E-state index in [4.69, 9.17) is 17.3 Å². The van der Waals surface area contributed by atoms with E-state index in [1.165, 1.54) is 12.1 Å². The first kappa shape index (κ1) is 23.6. The van der Waals surface area contributed by atoms with E-state index in [0.717, 1.165) is 53.6 Å². The zero-order valence-electron chi connectivity index (χ0n) is 19.8. The van der Waals surface area contributed by atoms with E-state index in [-0.39, 0.29) is 12.4 Å². The summed E-state index contributed by atoms with van der Waals surface area (Å²) >= 11 is 0. The molecule has 4 N–H and O–H groups in total. The monoisotopic (exact) mass is 479 g/mol. The molecular weight excluding hydrogens is 453 g/mol. The fourth-order valence-electron chi connectivity index (χ4n) is 4.81. The Kier molecular flexibility index (Phi) is 6.69. The SMILES string of the molecule is C#Cc1ccnc(-c2ccc3ncc(-c4c#ccc(F)c4)c(N4CCC(NCCO)CC4)c3c2)c1N. The number of hydrogen-bond donors (Lipinski definition) is 3. The number of nitrogens with two attached hydrogens (primary N) is 1. The van der Waals surface area contributed by atoms with Crippen molar-refractivity contribution >= 4 is 22.3 Å². The molecule has 0 unspecified atom stereocenters. The molecule has 6 nitrogen and oxygen atoms in total. The Labute approximate surface area is 210 Å². The summed E-state index contributed by atoms with van der Waals surface area (Å²) in [5.41, 5.74) is 12.0. The Bertz CT molecular complexity index is 1440. The summed E-state index contributed by atoms with van der Waals surface area (Å²) < 4.78 is 14.2. The van der Waals surface area contributed by atoms with Gasteiger partial charge in [-0.05, 0) is 37.1 Å². The van der Waals surface area contributed by atoms with Gasteiger partial charge in [0.15, 0.2) is 0 Å². The normalized spacial score (nSPS) is 14.0. The molecule has 0 spiro atoms. The first-order valence-corrected chi connectivity index (χ1v) is 11.9. The molecule has 2 aromatic carbocycles. The highest BCUT2D eigenvalue weighted by atomic mass is 19.1. The van der Waals surface area contributed by atoms with Crippen LogP contribution in [0.5, 0.6) is 0 Å². The number of benzene rings is 1. The molecule has 0 aliphatic carbocycles. The van der Waals surface area contributed by atoms with Crippen molar-refractivity contribution in [2.75, 3.05) is 36.9 Å². The summed E-state index contributed by atoms with van der Waals surface area (Å²) in [7, 11) is 0. The second kappa shape index (κ2) is 10.2. The van der Waals surface area contributed by atoms with Crippen LogP contribution in [0.3, 0.4) is 0 Å². The van der Waals surface area contributed by atoms with Gasteiger partial charge in [-0.2, -0.15) is 0 Å². The van der Waals surface area contributed by atoms with E-state index in [2.05, 4.69) is 38.2 Å². The molecule has 4 aromatic rings. The summed E-state index contributed by atoms with van der Waals surface area (Å²) in [5.74, 6) is 2.23. The average Bonchev–Trinajstić information content (AvgIpc) is 2.91. The Balaban J connectivity index is 1.65. The Hall–Kier alpha value is -4.17. The van der Waals surface area contributed by atoms with Gasteiger partial charge in [0.05, 0.1) is 34.8 Å². The summed E-state index contributed by atoms with van der Waals surface area (Å²) in [5, 5.41) is 13.5. The molecule has 180 valence electrons. The van der Waals surface area contributed by atoms with Gasteiger partial charge in [0.25, 0.3) is 0 Å². The number of aromatic nitrogens is 2. The highest BCUT2D eigenvalue weighted by molar-refractivity contribution is 6.02. The van der Waals surface area contributed by atoms with Crippen LogP contribution in [-0.2, 0) is 0 Å². The molecule has 2 aromatic heterocycles. The van der Waals surface area contributed by atoms with Crippen molar-refractivity contribution in [2.24, 2.45) is 0 Å². The highest BCUT2D eigenvalue weighted by Crippen LogP contribution is 2.39. The molecule has 0 bridgehead atoms. The second-order valence-corrected chi connectivity index (χ2v) is 8.81. The quantitative estimate of drug-likeness (QED) is 0.365. The van der Waals surface area contributed by atoms with Crippen LogP contribution in [0.15, 0.2) is 48.8 Å². The molecule has 1 aliphatic heterocycles. The number of anilines is 2. The standard InChI is InChI=1S/C29H26FN5O/c1-2-19-8-11-33-28(27(19)31)21-6-7-26-24(17-21)29(35-13-9-23(10-14-35)32-12-15-36)25(18-34-26)20-4-3-5-22(30)16-20/h1,5-8,11,16-18,23,32,36H,9-10,12-15,31H2. The van der Waals surface area contributed by atoms with E-state index in [1.54, 1.807) is 18.5 Å². The van der Waals surface area contributed by atoms with Gasteiger partial charge in [-0.1, -0.05) is 24.1 Å². The summed E-state index contributed by atoms with van der Waals surface area (Å²) in [6.07, 6.45) is 10.9. The van der Waals surface area contributed by atoms with Gasteiger partial charge in [-0.25, -0.2) is 4.39 Å². The van der Waals surface area contributed by atoms with Gasteiger partial charge in [0.1, 0.15) is 5.82 Å². The third-order valence-electron chi connectivity index (χ3n) is 6.60. The lowest BCUT2D eigenvalue weighted by Gasteiger charge is -2.35. The van der Waals surface area contributed by atoms with Crippen LogP contribution in [0.1, 0.15) is 18.4 Å². The van der Waals surface area contributed by atoms with E-state index in [9.17, 15) is 4.39 Å². The fraction of sp³-hybridized carbons (Fsp3) is 0.241. The molecule has 1 fully saturated rings. The van der Waals surface area contributed by atoms with E-state index in [1.807, 2.05) is 18.2 Å². The maximum absolute atomic E-state index is 14.2. The van der Waals surface area contributed by atoms with Crippen LogP contribution in [0.4, 0.5) is 15.8 Å². The zero-order chi connectivity index (χ0) is 25.1. The minimum atomic E-state index is -0.376. The van der Waals surface area contributed by atoms with Crippen molar-refractivity contribution in [1.82, 2.24) is 15.3 Å². The van der Waals surface area contributed by atoms with Gasteiger partial charge in [-0.3, -0.25) is 9.97 Å². The third kappa shape index (κ3) is 4.55. The van der Waals surface area contributed by atoms with Crippen LogP contribution in [0.2, 0.25) is 0 Å². The summed E-state index contributed by atoms with van der Waals surface area (Å²) in [6, 6.07) is 16.5. The third-order valence-corrected chi connectivity index (χ3v) is 6.60. The van der Waals surface area contributed by atoms with Crippen molar-refractivity contribution in [2.45, 2.75) is 18.9 Å². The lowest BCUT2D eigenvalue weighted by molar-refractivity contribution is 0.277. The van der Waals surface area contributed by atoms with Crippen molar-refractivity contribution in [1.29, 1.82) is 0 Å². The molecular formula is C29H26FN5O. The van der Waals surface area contributed by atoms with Crippen LogP contribution >= 0.6 is 0 Å². The fourth-order valence-corrected chi connectivity index (χ4v) is 4.81. The number of nitrogen functional groups attached to an aromatic ring is 1. The first-order chi connectivity index (χ1) is 17.6. The number of rotatable bonds is 6. The van der Waals surface area contributed by atoms with Gasteiger partial charge < -0.3 is 21.1 Å². The Morgan fingerprint density at radius 3 is 2.81 bits per heavy atom. The number of aliphatic hydroxyl groups excluding tert-OH is 1. The number of aliphatic hydroxyl groups is 1. The van der Waals surface area contributed by atoms with Gasteiger partial charge in [0, 0.05) is 66.2 Å². The average molecular weight is 480 g/mol. The number of terminal acetylenes is 1. The topological polar surface area (TPSA) is 87.3 Å². The lowest BCUT2D eigenvalue weighted by Crippen LogP contribution is -2.43. The molecule has 0 amide bonds. The molecule has 0 atom stereocenters. The lowest BCUT2D eigenvalue weighted by atomic mass is 9.97.